The lowest BCUT2D eigenvalue weighted by atomic mass is 9.98. The van der Waals surface area contributed by atoms with Gasteiger partial charge in [0, 0.05) is 22.6 Å². The molecule has 150 valence electrons. The van der Waals surface area contributed by atoms with Crippen LogP contribution in [0.25, 0.3) is 16.5 Å². The van der Waals surface area contributed by atoms with Crippen LogP contribution < -0.4 is 10.1 Å². The number of allylic oxidation sites excluding steroid dienone is 1. The number of hydrogen-bond donors (Lipinski definition) is 2. The average Bonchev–Trinajstić information content (AvgIpc) is 3.07. The van der Waals surface area contributed by atoms with E-state index in [2.05, 4.69) is 5.32 Å². The van der Waals surface area contributed by atoms with E-state index in [9.17, 15) is 14.7 Å². The molecule has 1 unspecified atom stereocenters. The van der Waals surface area contributed by atoms with Crippen LogP contribution in [0.2, 0.25) is 0 Å². The number of methoxy groups -OCH3 is 1. The quantitative estimate of drug-likeness (QED) is 0.606. The lowest BCUT2D eigenvalue weighted by Crippen LogP contribution is -2.32. The maximum atomic E-state index is 12.6. The van der Waals surface area contributed by atoms with Gasteiger partial charge in [0.1, 0.15) is 11.3 Å². The van der Waals surface area contributed by atoms with E-state index in [-0.39, 0.29) is 0 Å². The highest BCUT2D eigenvalue weighted by Crippen LogP contribution is 2.37. The third-order valence-corrected chi connectivity index (χ3v) is 4.88. The summed E-state index contributed by atoms with van der Waals surface area (Å²) in [7, 11) is 1.57. The van der Waals surface area contributed by atoms with Crippen LogP contribution in [0.4, 0.5) is 0 Å². The van der Waals surface area contributed by atoms with Crippen LogP contribution in [0.3, 0.4) is 0 Å². The minimum atomic E-state index is -1.13. The Labute approximate surface area is 168 Å². The van der Waals surface area contributed by atoms with Crippen LogP contribution in [0.15, 0.2) is 53.2 Å². The second kappa shape index (κ2) is 8.22. The highest BCUT2D eigenvalue weighted by Gasteiger charge is 2.22. The molecule has 0 aliphatic carbocycles. The Balaban J connectivity index is 1.95. The fourth-order valence-electron chi connectivity index (χ4n) is 3.39. The number of aryl methyl sites for hydroxylation is 2. The first-order valence-corrected chi connectivity index (χ1v) is 9.15. The summed E-state index contributed by atoms with van der Waals surface area (Å²) < 4.78 is 11.2. The van der Waals surface area contributed by atoms with Crippen molar-refractivity contribution in [3.8, 4) is 5.75 Å². The molecule has 0 saturated carbocycles. The van der Waals surface area contributed by atoms with Gasteiger partial charge in [0.2, 0.25) is 5.91 Å². The molecule has 0 spiro atoms. The van der Waals surface area contributed by atoms with Crippen LogP contribution in [0.5, 0.6) is 5.75 Å². The van der Waals surface area contributed by atoms with E-state index >= 15 is 0 Å². The summed E-state index contributed by atoms with van der Waals surface area (Å²) in [5, 5.41) is 13.0. The Morgan fingerprint density at radius 3 is 2.52 bits per heavy atom. The van der Waals surface area contributed by atoms with E-state index in [1.807, 2.05) is 19.9 Å². The molecule has 0 saturated heterocycles. The minimum absolute atomic E-state index is 0.498. The SMILES string of the molecule is COc1c(/C(C)=C/C(=O)NC(C(=O)O)c2ccccc2)cc2c(C)coc2c1C. The predicted molar refractivity (Wildman–Crippen MR) is 111 cm³/mol. The monoisotopic (exact) mass is 393 g/mol. The molecule has 6 nitrogen and oxygen atoms in total. The van der Waals surface area contributed by atoms with Gasteiger partial charge in [0.15, 0.2) is 6.04 Å². The zero-order chi connectivity index (χ0) is 21.1. The van der Waals surface area contributed by atoms with Crippen molar-refractivity contribution < 1.29 is 23.8 Å². The molecule has 1 heterocycles. The number of furan rings is 1. The molecule has 3 rings (SSSR count). The van der Waals surface area contributed by atoms with E-state index in [1.54, 1.807) is 50.6 Å². The number of fused-ring (bicyclic) bond motifs is 1. The predicted octanol–water partition coefficient (Wildman–Crippen LogP) is 4.40. The van der Waals surface area contributed by atoms with Crippen LogP contribution in [0.1, 0.15) is 35.2 Å². The van der Waals surface area contributed by atoms with Crippen molar-refractivity contribution in [3.63, 3.8) is 0 Å². The van der Waals surface area contributed by atoms with Gasteiger partial charge in [-0.25, -0.2) is 4.79 Å². The number of ether oxygens (including phenoxy) is 1. The molecule has 29 heavy (non-hydrogen) atoms. The molecule has 1 atom stereocenters. The zero-order valence-corrected chi connectivity index (χ0v) is 16.8. The first kappa shape index (κ1) is 20.2. The molecule has 0 radical (unpaired) electrons. The van der Waals surface area contributed by atoms with Gasteiger partial charge in [-0.2, -0.15) is 0 Å². The standard InChI is InChI=1S/C23H23NO5/c1-13(10-19(25)24-20(23(26)27)16-8-6-5-7-9-16)17-11-18-14(2)12-29-22(18)15(3)21(17)28-4/h5-12,20H,1-4H3,(H,24,25)(H,26,27)/b13-10+. The Bertz CT molecular complexity index is 1100. The van der Waals surface area contributed by atoms with Crippen LogP contribution in [0, 0.1) is 13.8 Å². The van der Waals surface area contributed by atoms with Crippen LogP contribution in [-0.2, 0) is 9.59 Å². The first-order valence-electron chi connectivity index (χ1n) is 9.15. The van der Waals surface area contributed by atoms with Crippen LogP contribution in [-0.4, -0.2) is 24.1 Å². The topological polar surface area (TPSA) is 88.8 Å². The number of benzene rings is 2. The van der Waals surface area contributed by atoms with Crippen molar-refractivity contribution in [1.82, 2.24) is 5.32 Å². The van der Waals surface area contributed by atoms with Crippen molar-refractivity contribution >= 4 is 28.4 Å². The summed E-state index contributed by atoms with van der Waals surface area (Å²) in [5.74, 6) is -1.01. The smallest absolute Gasteiger partial charge is 0.330 e. The number of aliphatic carboxylic acids is 1. The van der Waals surface area contributed by atoms with Crippen molar-refractivity contribution in [2.24, 2.45) is 0 Å². The number of hydrogen-bond acceptors (Lipinski definition) is 4. The lowest BCUT2D eigenvalue weighted by Gasteiger charge is -2.15. The summed E-state index contributed by atoms with van der Waals surface area (Å²) in [6.45, 7) is 5.64. The first-order chi connectivity index (χ1) is 13.8. The molecule has 0 bridgehead atoms. The second-order valence-electron chi connectivity index (χ2n) is 6.90. The lowest BCUT2D eigenvalue weighted by molar-refractivity contribution is -0.141. The van der Waals surface area contributed by atoms with E-state index in [0.717, 1.165) is 27.7 Å². The van der Waals surface area contributed by atoms with Gasteiger partial charge in [0.05, 0.1) is 13.4 Å². The normalized spacial score (nSPS) is 12.6. The Morgan fingerprint density at radius 2 is 1.90 bits per heavy atom. The number of rotatable bonds is 6. The number of carboxylic acid groups (broad SMARTS) is 1. The Kier molecular flexibility index (Phi) is 5.73. The number of carboxylic acids is 1. The van der Waals surface area contributed by atoms with Gasteiger partial charge in [-0.3, -0.25) is 4.79 Å². The van der Waals surface area contributed by atoms with Gasteiger partial charge in [0.25, 0.3) is 0 Å². The summed E-state index contributed by atoms with van der Waals surface area (Å²) in [4.78, 5) is 24.2. The molecule has 0 aliphatic heterocycles. The van der Waals surface area contributed by atoms with E-state index < -0.39 is 17.9 Å². The minimum Gasteiger partial charge on any atom is -0.496 e. The molecule has 0 fully saturated rings. The van der Waals surface area contributed by atoms with E-state index in [1.165, 1.54) is 6.08 Å². The maximum Gasteiger partial charge on any atom is 0.330 e. The Morgan fingerprint density at radius 1 is 1.21 bits per heavy atom. The van der Waals surface area contributed by atoms with Gasteiger partial charge >= 0.3 is 5.97 Å². The number of carbonyl (C=O) groups is 2. The van der Waals surface area contributed by atoms with Gasteiger partial charge < -0.3 is 19.6 Å². The molecule has 2 N–H and O–H groups in total. The molecule has 3 aromatic rings. The average molecular weight is 393 g/mol. The summed E-state index contributed by atoms with van der Waals surface area (Å²) in [6.07, 6.45) is 3.07. The van der Waals surface area contributed by atoms with Crippen LogP contribution >= 0.6 is 0 Å². The highest BCUT2D eigenvalue weighted by atomic mass is 16.5. The second-order valence-corrected chi connectivity index (χ2v) is 6.90. The third-order valence-electron chi connectivity index (χ3n) is 4.88. The van der Waals surface area contributed by atoms with Crippen molar-refractivity contribution in [3.05, 3.63) is 71.0 Å². The van der Waals surface area contributed by atoms with E-state index in [0.29, 0.717) is 16.9 Å². The molecule has 0 aliphatic rings. The number of amides is 1. The number of nitrogens with one attached hydrogen (secondary N) is 1. The fourth-order valence-corrected chi connectivity index (χ4v) is 3.39. The van der Waals surface area contributed by atoms with Crippen molar-refractivity contribution in [1.29, 1.82) is 0 Å². The molecule has 1 amide bonds. The van der Waals surface area contributed by atoms with Gasteiger partial charge in [-0.05, 0) is 43.5 Å². The molecular formula is C23H23NO5. The van der Waals surface area contributed by atoms with Crippen molar-refractivity contribution in [2.45, 2.75) is 26.8 Å². The highest BCUT2D eigenvalue weighted by molar-refractivity contribution is 5.99. The number of carbonyl (C=O) groups excluding carboxylic acids is 1. The van der Waals surface area contributed by atoms with Gasteiger partial charge in [-0.15, -0.1) is 0 Å². The molecule has 1 aromatic heterocycles. The van der Waals surface area contributed by atoms with Gasteiger partial charge in [-0.1, -0.05) is 30.3 Å². The Hall–Kier alpha value is -3.54. The summed E-state index contributed by atoms with van der Waals surface area (Å²) in [6, 6.07) is 9.37. The molecule has 6 heteroatoms. The summed E-state index contributed by atoms with van der Waals surface area (Å²) >= 11 is 0. The molecule has 2 aromatic carbocycles. The van der Waals surface area contributed by atoms with Crippen molar-refractivity contribution in [2.75, 3.05) is 7.11 Å². The summed E-state index contributed by atoms with van der Waals surface area (Å²) in [5.41, 5.74) is 4.48. The zero-order valence-electron chi connectivity index (χ0n) is 16.8. The third kappa shape index (κ3) is 4.01. The maximum absolute atomic E-state index is 12.6. The largest absolute Gasteiger partial charge is 0.496 e. The molecular weight excluding hydrogens is 370 g/mol. The fraction of sp³-hybridized carbons (Fsp3) is 0.217. The van der Waals surface area contributed by atoms with E-state index in [4.69, 9.17) is 9.15 Å².